The number of fused-ring (bicyclic) bond motifs is 1. The molecule has 1 heterocycles. The van der Waals surface area contributed by atoms with Crippen LogP contribution in [-0.4, -0.2) is 15.7 Å². The predicted molar refractivity (Wildman–Crippen MR) is 86.8 cm³/mol. The van der Waals surface area contributed by atoms with Crippen LogP contribution in [0.15, 0.2) is 36.5 Å². The lowest BCUT2D eigenvalue weighted by atomic mass is 9.71. The van der Waals surface area contributed by atoms with E-state index in [1.165, 1.54) is 11.8 Å². The molecule has 0 spiro atoms. The Morgan fingerprint density at radius 1 is 1.32 bits per heavy atom. The number of hydrogen-bond acceptors (Lipinski definition) is 2. The van der Waals surface area contributed by atoms with Crippen molar-refractivity contribution in [1.82, 2.24) is 15.1 Å². The summed E-state index contributed by atoms with van der Waals surface area (Å²) in [7, 11) is 0. The van der Waals surface area contributed by atoms with Gasteiger partial charge in [-0.05, 0) is 35.4 Å². The molecule has 1 amide bonds. The standard InChI is InChI=1S/C18H20F3N3O/c1-17(2)9-7-14(12-5-3-4-6-13(12)17)22-16(25)11-24-10-8-15(23-24)18(19,20)21/h3-6,8,10,14H,7,9,11H2,1-2H3,(H,22,25). The summed E-state index contributed by atoms with van der Waals surface area (Å²) in [6.45, 7) is 4.11. The van der Waals surface area contributed by atoms with E-state index in [1.807, 2.05) is 18.2 Å². The van der Waals surface area contributed by atoms with Gasteiger partial charge in [-0.25, -0.2) is 0 Å². The Balaban J connectivity index is 1.71. The smallest absolute Gasteiger partial charge is 0.348 e. The van der Waals surface area contributed by atoms with Crippen LogP contribution in [0.5, 0.6) is 0 Å². The summed E-state index contributed by atoms with van der Waals surface area (Å²) >= 11 is 0. The van der Waals surface area contributed by atoms with E-state index in [4.69, 9.17) is 0 Å². The third kappa shape index (κ3) is 3.70. The van der Waals surface area contributed by atoms with Crippen LogP contribution in [0.3, 0.4) is 0 Å². The molecule has 2 aromatic rings. The van der Waals surface area contributed by atoms with Crippen molar-refractivity contribution < 1.29 is 18.0 Å². The lowest BCUT2D eigenvalue weighted by molar-refractivity contribution is -0.141. The number of aromatic nitrogens is 2. The van der Waals surface area contributed by atoms with E-state index in [9.17, 15) is 18.0 Å². The number of carbonyl (C=O) groups excluding carboxylic acids is 1. The van der Waals surface area contributed by atoms with E-state index in [0.717, 1.165) is 29.2 Å². The molecule has 1 aliphatic rings. The van der Waals surface area contributed by atoms with Crippen LogP contribution in [-0.2, 0) is 22.9 Å². The highest BCUT2D eigenvalue weighted by molar-refractivity contribution is 5.76. The molecular formula is C18H20F3N3O. The normalized spacial score (nSPS) is 19.3. The molecule has 1 atom stereocenters. The molecule has 134 valence electrons. The van der Waals surface area contributed by atoms with Crippen molar-refractivity contribution in [1.29, 1.82) is 0 Å². The topological polar surface area (TPSA) is 46.9 Å². The van der Waals surface area contributed by atoms with Crippen LogP contribution in [0.1, 0.15) is 49.6 Å². The highest BCUT2D eigenvalue weighted by atomic mass is 19.4. The molecule has 1 aromatic carbocycles. The van der Waals surface area contributed by atoms with E-state index in [0.29, 0.717) is 0 Å². The second-order valence-corrected chi connectivity index (χ2v) is 7.03. The van der Waals surface area contributed by atoms with E-state index >= 15 is 0 Å². The average Bonchev–Trinajstić information content (AvgIpc) is 2.99. The zero-order valence-electron chi connectivity index (χ0n) is 14.1. The largest absolute Gasteiger partial charge is 0.435 e. The van der Waals surface area contributed by atoms with Crippen molar-refractivity contribution in [2.45, 2.75) is 50.9 Å². The average molecular weight is 351 g/mol. The van der Waals surface area contributed by atoms with Gasteiger partial charge in [0.2, 0.25) is 5.91 Å². The molecule has 4 nitrogen and oxygen atoms in total. The summed E-state index contributed by atoms with van der Waals surface area (Å²) < 4.78 is 38.7. The molecule has 1 N–H and O–H groups in total. The minimum absolute atomic E-state index is 0.0431. The Bertz CT molecular complexity index is 780. The lowest BCUT2D eigenvalue weighted by Crippen LogP contribution is -2.37. The molecule has 0 aliphatic heterocycles. The highest BCUT2D eigenvalue weighted by Crippen LogP contribution is 2.41. The highest BCUT2D eigenvalue weighted by Gasteiger charge is 2.34. The zero-order valence-corrected chi connectivity index (χ0v) is 14.1. The van der Waals surface area contributed by atoms with E-state index < -0.39 is 11.9 Å². The maximum atomic E-state index is 12.6. The minimum Gasteiger partial charge on any atom is -0.348 e. The van der Waals surface area contributed by atoms with Crippen molar-refractivity contribution in [3.05, 3.63) is 53.3 Å². The number of alkyl halides is 3. The third-order valence-electron chi connectivity index (χ3n) is 4.70. The van der Waals surface area contributed by atoms with Crippen molar-refractivity contribution in [3.63, 3.8) is 0 Å². The quantitative estimate of drug-likeness (QED) is 0.914. The number of hydrogen-bond donors (Lipinski definition) is 1. The molecule has 0 bridgehead atoms. The minimum atomic E-state index is -4.50. The Kier molecular flexibility index (Phi) is 4.34. The third-order valence-corrected chi connectivity index (χ3v) is 4.70. The first-order valence-corrected chi connectivity index (χ1v) is 8.16. The van der Waals surface area contributed by atoms with Gasteiger partial charge in [0.15, 0.2) is 5.69 Å². The van der Waals surface area contributed by atoms with Gasteiger partial charge in [-0.2, -0.15) is 18.3 Å². The summed E-state index contributed by atoms with van der Waals surface area (Å²) in [6.07, 6.45) is -1.62. The first-order chi connectivity index (χ1) is 11.7. The van der Waals surface area contributed by atoms with Crippen molar-refractivity contribution in [2.75, 3.05) is 0 Å². The summed E-state index contributed by atoms with van der Waals surface area (Å²) in [5.41, 5.74) is 1.32. The van der Waals surface area contributed by atoms with Gasteiger partial charge in [0.25, 0.3) is 0 Å². The predicted octanol–water partition coefficient (Wildman–Crippen LogP) is 3.83. The molecule has 1 unspecified atom stereocenters. The Hall–Kier alpha value is -2.31. The Morgan fingerprint density at radius 2 is 2.04 bits per heavy atom. The SMILES string of the molecule is CC1(C)CCC(NC(=O)Cn2ccc(C(F)(F)F)n2)c2ccccc21. The van der Waals surface area contributed by atoms with Crippen molar-refractivity contribution in [2.24, 2.45) is 0 Å². The number of halogens is 3. The number of carbonyl (C=O) groups is 1. The van der Waals surface area contributed by atoms with Gasteiger partial charge < -0.3 is 5.32 Å². The maximum Gasteiger partial charge on any atom is 0.435 e. The van der Waals surface area contributed by atoms with Gasteiger partial charge in [0, 0.05) is 6.20 Å². The molecule has 0 saturated carbocycles. The van der Waals surface area contributed by atoms with Gasteiger partial charge in [-0.1, -0.05) is 38.1 Å². The second-order valence-electron chi connectivity index (χ2n) is 7.03. The summed E-state index contributed by atoms with van der Waals surface area (Å²) in [5.74, 6) is -0.351. The Morgan fingerprint density at radius 3 is 2.72 bits per heavy atom. The molecule has 3 rings (SSSR count). The van der Waals surface area contributed by atoms with Crippen LogP contribution in [0.2, 0.25) is 0 Å². The fraction of sp³-hybridized carbons (Fsp3) is 0.444. The summed E-state index contributed by atoms with van der Waals surface area (Å²) in [6, 6.07) is 8.71. The van der Waals surface area contributed by atoms with E-state index in [2.05, 4.69) is 30.3 Å². The van der Waals surface area contributed by atoms with Crippen LogP contribution >= 0.6 is 0 Å². The molecule has 0 fully saturated rings. The molecule has 1 aromatic heterocycles. The van der Waals surface area contributed by atoms with Crippen LogP contribution in [0, 0.1) is 0 Å². The number of amides is 1. The number of nitrogens with zero attached hydrogens (tertiary/aromatic N) is 2. The molecular weight excluding hydrogens is 331 g/mol. The van der Waals surface area contributed by atoms with Gasteiger partial charge in [-0.15, -0.1) is 0 Å². The molecule has 1 aliphatic carbocycles. The van der Waals surface area contributed by atoms with E-state index in [1.54, 1.807) is 0 Å². The summed E-state index contributed by atoms with van der Waals surface area (Å²) in [4.78, 5) is 12.3. The van der Waals surface area contributed by atoms with Crippen molar-refractivity contribution >= 4 is 5.91 Å². The first-order valence-electron chi connectivity index (χ1n) is 8.16. The first kappa shape index (κ1) is 17.5. The van der Waals surface area contributed by atoms with Gasteiger partial charge in [0.05, 0.1) is 6.04 Å². The fourth-order valence-corrected chi connectivity index (χ4v) is 3.35. The van der Waals surface area contributed by atoms with Gasteiger partial charge in [0.1, 0.15) is 6.54 Å². The van der Waals surface area contributed by atoms with Crippen molar-refractivity contribution in [3.8, 4) is 0 Å². The van der Waals surface area contributed by atoms with Crippen LogP contribution < -0.4 is 5.32 Å². The fourth-order valence-electron chi connectivity index (χ4n) is 3.35. The molecule has 25 heavy (non-hydrogen) atoms. The van der Waals surface area contributed by atoms with Crippen LogP contribution in [0.4, 0.5) is 13.2 Å². The Labute approximate surface area is 144 Å². The number of nitrogens with one attached hydrogen (secondary N) is 1. The lowest BCUT2D eigenvalue weighted by Gasteiger charge is -2.37. The summed E-state index contributed by atoms with van der Waals surface area (Å²) in [5, 5.41) is 6.34. The maximum absolute atomic E-state index is 12.6. The van der Waals surface area contributed by atoms with E-state index in [-0.39, 0.29) is 23.9 Å². The molecule has 0 radical (unpaired) electrons. The second kappa shape index (κ2) is 6.20. The van der Waals surface area contributed by atoms with Gasteiger partial charge >= 0.3 is 6.18 Å². The molecule has 0 saturated heterocycles. The monoisotopic (exact) mass is 351 g/mol. The van der Waals surface area contributed by atoms with Gasteiger partial charge in [-0.3, -0.25) is 9.48 Å². The number of rotatable bonds is 3. The van der Waals surface area contributed by atoms with Crippen LogP contribution in [0.25, 0.3) is 0 Å². The molecule has 7 heteroatoms. The number of benzene rings is 1. The zero-order chi connectivity index (χ0) is 18.2.